The Bertz CT molecular complexity index is 362. The number of ether oxygens (including phenoxy) is 2. The van der Waals surface area contributed by atoms with E-state index in [9.17, 15) is 9.59 Å². The zero-order valence-electron chi connectivity index (χ0n) is 14.8. The topological polar surface area (TPSA) is 59.1 Å². The van der Waals surface area contributed by atoms with Gasteiger partial charge in [0.15, 0.2) is 0 Å². The summed E-state index contributed by atoms with van der Waals surface area (Å²) in [5.74, 6) is -0.545. The van der Waals surface area contributed by atoms with Crippen LogP contribution in [0.1, 0.15) is 20.3 Å². The lowest BCUT2D eigenvalue weighted by molar-refractivity contribution is -0.140. The molecule has 0 aromatic carbocycles. The Labute approximate surface area is 139 Å². The van der Waals surface area contributed by atoms with Crippen LogP contribution < -0.4 is 0 Å². The van der Waals surface area contributed by atoms with Crippen molar-refractivity contribution in [2.24, 2.45) is 0 Å². The first kappa shape index (κ1) is 21.3. The van der Waals surface area contributed by atoms with Crippen molar-refractivity contribution in [1.29, 1.82) is 0 Å². The second kappa shape index (κ2) is 14.0. The monoisotopic (exact) mass is 326 g/mol. The molecule has 0 aromatic rings. The highest BCUT2D eigenvalue weighted by molar-refractivity contribution is 5.66. The molecule has 0 saturated carbocycles. The maximum atomic E-state index is 10.7. The number of nitrogens with zero attached hydrogens (tertiary/aromatic N) is 2. The molecule has 0 spiro atoms. The normalized spacial score (nSPS) is 11.7. The second-order valence-corrected chi connectivity index (χ2v) is 5.46. The average Bonchev–Trinajstić information content (AvgIpc) is 2.44. The summed E-state index contributed by atoms with van der Waals surface area (Å²) in [4.78, 5) is 25.8. The van der Waals surface area contributed by atoms with Crippen LogP contribution >= 0.6 is 0 Å². The van der Waals surface area contributed by atoms with Gasteiger partial charge in [0.25, 0.3) is 0 Å². The van der Waals surface area contributed by atoms with Crippen molar-refractivity contribution in [3.63, 3.8) is 0 Å². The van der Waals surface area contributed by atoms with Crippen molar-refractivity contribution in [3.8, 4) is 0 Å². The van der Waals surface area contributed by atoms with Gasteiger partial charge in [-0.1, -0.05) is 12.2 Å². The number of esters is 2. The lowest BCUT2D eigenvalue weighted by Gasteiger charge is -2.20. The molecule has 0 amide bonds. The van der Waals surface area contributed by atoms with E-state index in [2.05, 4.69) is 23.9 Å². The molecular formula is C17H30N2O4. The van der Waals surface area contributed by atoms with Gasteiger partial charge in [0, 0.05) is 33.5 Å². The average molecular weight is 326 g/mol. The molecule has 0 aliphatic carbocycles. The van der Waals surface area contributed by atoms with Crippen molar-refractivity contribution in [2.75, 3.05) is 53.5 Å². The van der Waals surface area contributed by atoms with E-state index < -0.39 is 0 Å². The smallest absolute Gasteiger partial charge is 0.302 e. The van der Waals surface area contributed by atoms with Gasteiger partial charge in [-0.2, -0.15) is 0 Å². The predicted molar refractivity (Wildman–Crippen MR) is 91.2 cm³/mol. The Morgan fingerprint density at radius 1 is 0.826 bits per heavy atom. The highest BCUT2D eigenvalue weighted by Crippen LogP contribution is 1.95. The van der Waals surface area contributed by atoms with E-state index in [1.54, 1.807) is 0 Å². The molecule has 0 fully saturated rings. The Kier molecular flexibility index (Phi) is 13.0. The van der Waals surface area contributed by atoms with E-state index in [0.717, 1.165) is 32.6 Å². The van der Waals surface area contributed by atoms with Gasteiger partial charge >= 0.3 is 11.9 Å². The Hall–Kier alpha value is -1.66. The molecule has 0 unspecified atom stereocenters. The van der Waals surface area contributed by atoms with Crippen LogP contribution in [0.3, 0.4) is 0 Å². The van der Waals surface area contributed by atoms with Crippen LogP contribution in [-0.4, -0.2) is 75.2 Å². The maximum absolute atomic E-state index is 10.7. The third-order valence-electron chi connectivity index (χ3n) is 2.91. The number of rotatable bonds is 12. The number of carbonyl (C=O) groups excluding carboxylic acids is 2. The Morgan fingerprint density at radius 3 is 1.70 bits per heavy atom. The summed E-state index contributed by atoms with van der Waals surface area (Å²) in [7, 11) is 4.12. The summed E-state index contributed by atoms with van der Waals surface area (Å²) < 4.78 is 9.72. The summed E-state index contributed by atoms with van der Waals surface area (Å²) in [6.45, 7) is 6.98. The van der Waals surface area contributed by atoms with E-state index >= 15 is 0 Å². The molecule has 6 nitrogen and oxygen atoms in total. The predicted octanol–water partition coefficient (Wildman–Crippen LogP) is 1.48. The molecule has 0 saturated heterocycles. The molecule has 6 heteroatoms. The van der Waals surface area contributed by atoms with Gasteiger partial charge in [-0.05, 0) is 39.2 Å². The molecular weight excluding hydrogens is 296 g/mol. The van der Waals surface area contributed by atoms with Crippen molar-refractivity contribution >= 4 is 11.9 Å². The first-order valence-electron chi connectivity index (χ1n) is 7.85. The minimum absolute atomic E-state index is 0.272. The van der Waals surface area contributed by atoms with Crippen LogP contribution in [0.15, 0.2) is 24.3 Å². The van der Waals surface area contributed by atoms with Crippen LogP contribution in [0.5, 0.6) is 0 Å². The van der Waals surface area contributed by atoms with E-state index in [-0.39, 0.29) is 11.9 Å². The highest BCUT2D eigenvalue weighted by atomic mass is 16.5. The van der Waals surface area contributed by atoms with E-state index in [0.29, 0.717) is 13.2 Å². The van der Waals surface area contributed by atoms with Gasteiger partial charge in [-0.25, -0.2) is 0 Å². The molecule has 132 valence electrons. The molecule has 0 N–H and O–H groups in total. The Balaban J connectivity index is 4.16. The summed E-state index contributed by atoms with van der Waals surface area (Å²) in [6.07, 6.45) is 8.77. The van der Waals surface area contributed by atoms with E-state index in [4.69, 9.17) is 9.47 Å². The third kappa shape index (κ3) is 16.5. The summed E-state index contributed by atoms with van der Waals surface area (Å²) >= 11 is 0. The molecule has 0 radical (unpaired) electrons. The highest BCUT2D eigenvalue weighted by Gasteiger charge is 2.01. The first-order chi connectivity index (χ1) is 10.9. The number of carbonyl (C=O) groups is 2. The van der Waals surface area contributed by atoms with Crippen molar-refractivity contribution in [1.82, 2.24) is 9.80 Å². The Morgan fingerprint density at radius 2 is 1.30 bits per heavy atom. The van der Waals surface area contributed by atoms with Crippen LogP contribution in [0.25, 0.3) is 0 Å². The fourth-order valence-electron chi connectivity index (χ4n) is 1.78. The largest absolute Gasteiger partial charge is 0.462 e. The van der Waals surface area contributed by atoms with Crippen molar-refractivity contribution in [3.05, 3.63) is 24.3 Å². The standard InChI is InChI=1S/C17H30N2O4/c1-16(20)22-14-7-5-11-19(13-9-10-18(3)4)12-6-8-15-23-17(2)21/h5-8H,9-15H2,1-4H3. The molecule has 0 atom stereocenters. The summed E-state index contributed by atoms with van der Waals surface area (Å²) in [5.41, 5.74) is 0. The molecule has 0 rings (SSSR count). The minimum Gasteiger partial charge on any atom is -0.462 e. The fraction of sp³-hybridized carbons (Fsp3) is 0.647. The van der Waals surface area contributed by atoms with Crippen LogP contribution in [0.4, 0.5) is 0 Å². The third-order valence-corrected chi connectivity index (χ3v) is 2.91. The molecule has 0 aliphatic heterocycles. The van der Waals surface area contributed by atoms with Crippen LogP contribution in [0, 0.1) is 0 Å². The van der Waals surface area contributed by atoms with E-state index in [1.807, 2.05) is 24.3 Å². The molecule has 0 aromatic heterocycles. The zero-order chi connectivity index (χ0) is 17.5. The molecule has 0 bridgehead atoms. The van der Waals surface area contributed by atoms with Gasteiger partial charge in [0.1, 0.15) is 13.2 Å². The van der Waals surface area contributed by atoms with Crippen LogP contribution in [-0.2, 0) is 19.1 Å². The van der Waals surface area contributed by atoms with Gasteiger partial charge < -0.3 is 14.4 Å². The summed E-state index contributed by atoms with van der Waals surface area (Å²) in [6, 6.07) is 0. The van der Waals surface area contributed by atoms with Gasteiger partial charge in [-0.15, -0.1) is 0 Å². The van der Waals surface area contributed by atoms with Gasteiger partial charge in [0.05, 0.1) is 0 Å². The zero-order valence-corrected chi connectivity index (χ0v) is 14.8. The van der Waals surface area contributed by atoms with Gasteiger partial charge in [-0.3, -0.25) is 14.5 Å². The van der Waals surface area contributed by atoms with Gasteiger partial charge in [0.2, 0.25) is 0 Å². The second-order valence-electron chi connectivity index (χ2n) is 5.46. The molecule has 0 heterocycles. The quantitative estimate of drug-likeness (QED) is 0.400. The lowest BCUT2D eigenvalue weighted by Crippen LogP contribution is -2.28. The SMILES string of the molecule is CC(=O)OCC=CCN(CC=CCOC(C)=O)CCCN(C)C. The minimum atomic E-state index is -0.272. The van der Waals surface area contributed by atoms with E-state index in [1.165, 1.54) is 13.8 Å². The summed E-state index contributed by atoms with van der Waals surface area (Å²) in [5, 5.41) is 0. The molecule has 23 heavy (non-hydrogen) atoms. The van der Waals surface area contributed by atoms with Crippen LogP contribution in [0.2, 0.25) is 0 Å². The number of hydrogen-bond acceptors (Lipinski definition) is 6. The lowest BCUT2D eigenvalue weighted by atomic mass is 10.3. The maximum Gasteiger partial charge on any atom is 0.302 e. The molecule has 0 aliphatic rings. The number of hydrogen-bond donors (Lipinski definition) is 0. The fourth-order valence-corrected chi connectivity index (χ4v) is 1.78. The van der Waals surface area contributed by atoms with Crippen molar-refractivity contribution in [2.45, 2.75) is 20.3 Å². The first-order valence-corrected chi connectivity index (χ1v) is 7.85. The van der Waals surface area contributed by atoms with Crippen molar-refractivity contribution < 1.29 is 19.1 Å².